The fraction of sp³-hybridized carbons (Fsp3) is 0.143. The summed E-state index contributed by atoms with van der Waals surface area (Å²) in [5.41, 5.74) is 1.54. The molecule has 0 aliphatic heterocycles. The number of hydroxylamine groups is 1. The van der Waals surface area contributed by atoms with E-state index < -0.39 is 32.9 Å². The van der Waals surface area contributed by atoms with E-state index in [2.05, 4.69) is 10.3 Å². The number of rotatable bonds is 8. The van der Waals surface area contributed by atoms with Gasteiger partial charge in [0.25, 0.3) is 5.91 Å². The highest BCUT2D eigenvalue weighted by molar-refractivity contribution is 7.91. The first-order valence-electron chi connectivity index (χ1n) is 11.8. The maximum atomic E-state index is 13.8. The summed E-state index contributed by atoms with van der Waals surface area (Å²) < 4.78 is 72.7. The van der Waals surface area contributed by atoms with Gasteiger partial charge < -0.3 is 10.1 Å². The van der Waals surface area contributed by atoms with Crippen LogP contribution in [-0.2, 0) is 16.0 Å². The van der Waals surface area contributed by atoms with Crippen LogP contribution in [0.25, 0.3) is 11.1 Å². The number of hydrogen-bond acceptors (Lipinski definition) is 7. The summed E-state index contributed by atoms with van der Waals surface area (Å²) >= 11 is 0. The van der Waals surface area contributed by atoms with Gasteiger partial charge in [0.2, 0.25) is 9.84 Å². The minimum absolute atomic E-state index is 0.0407. The number of hydrogen-bond donors (Lipinski definition) is 3. The number of sulfone groups is 1. The van der Waals surface area contributed by atoms with E-state index in [-0.39, 0.29) is 32.8 Å². The van der Waals surface area contributed by atoms with E-state index in [4.69, 9.17) is 4.74 Å². The lowest BCUT2D eigenvalue weighted by Crippen LogP contribution is -2.26. The van der Waals surface area contributed by atoms with Gasteiger partial charge in [-0.1, -0.05) is 18.2 Å². The van der Waals surface area contributed by atoms with E-state index >= 15 is 0 Å². The molecule has 8 nitrogen and oxygen atoms in total. The molecule has 1 atom stereocenters. The fourth-order valence-electron chi connectivity index (χ4n) is 4.16. The molecule has 0 saturated heterocycles. The molecule has 208 valence electrons. The summed E-state index contributed by atoms with van der Waals surface area (Å²) in [6.45, 7) is 1.56. The number of ether oxygens (including phenoxy) is 1. The van der Waals surface area contributed by atoms with Crippen LogP contribution in [0, 0.1) is 6.92 Å². The summed E-state index contributed by atoms with van der Waals surface area (Å²) in [7, 11) is -2.71. The molecule has 1 unspecified atom stereocenters. The number of amides is 1. The number of carbonyl (C=O) groups excluding carboxylic acids is 1. The third-order valence-electron chi connectivity index (χ3n) is 6.17. The Morgan fingerprint density at radius 2 is 1.73 bits per heavy atom. The third-order valence-corrected chi connectivity index (χ3v) is 8.11. The van der Waals surface area contributed by atoms with Crippen LogP contribution in [0.15, 0.2) is 90.1 Å². The summed E-state index contributed by atoms with van der Waals surface area (Å²) in [6.07, 6.45) is -1.75. The Labute approximate surface area is 228 Å². The third kappa shape index (κ3) is 5.92. The lowest BCUT2D eigenvalue weighted by molar-refractivity contribution is -0.137. The molecule has 4 rings (SSSR count). The van der Waals surface area contributed by atoms with Crippen LogP contribution in [0.3, 0.4) is 0 Å². The van der Waals surface area contributed by atoms with Gasteiger partial charge in [-0.3, -0.25) is 15.0 Å². The first-order chi connectivity index (χ1) is 19.0. The molecule has 0 radical (unpaired) electrons. The Kier molecular flexibility index (Phi) is 8.12. The molecule has 40 heavy (non-hydrogen) atoms. The van der Waals surface area contributed by atoms with Crippen LogP contribution in [0.5, 0.6) is 5.75 Å². The first kappa shape index (κ1) is 28.6. The average Bonchev–Trinajstić information content (AvgIpc) is 2.95. The molecule has 1 amide bonds. The number of aryl methyl sites for hydroxylation is 1. The van der Waals surface area contributed by atoms with Crippen molar-refractivity contribution < 1.29 is 36.3 Å². The normalized spacial score (nSPS) is 12.4. The van der Waals surface area contributed by atoms with E-state index in [1.54, 1.807) is 19.1 Å². The van der Waals surface area contributed by atoms with Gasteiger partial charge in [0.05, 0.1) is 28.8 Å². The molecule has 1 aromatic heterocycles. The zero-order valence-corrected chi connectivity index (χ0v) is 22.0. The van der Waals surface area contributed by atoms with Crippen LogP contribution >= 0.6 is 0 Å². The number of nitrogens with one attached hydrogen (secondary N) is 2. The number of carbonyl (C=O) groups is 1. The SMILES string of the molecule is COc1ccc(S(=O)(=O)C(Nc2c(C)cc(-c3cccc(C(F)(F)F)c3)cc2C(=O)NO)c2cccnc2)cc1. The van der Waals surface area contributed by atoms with Gasteiger partial charge in [-0.15, -0.1) is 0 Å². The van der Waals surface area contributed by atoms with E-state index in [9.17, 15) is 31.6 Å². The highest BCUT2D eigenvalue weighted by atomic mass is 32.2. The van der Waals surface area contributed by atoms with Crippen molar-refractivity contribution in [2.75, 3.05) is 12.4 Å². The van der Waals surface area contributed by atoms with E-state index in [0.29, 0.717) is 11.3 Å². The smallest absolute Gasteiger partial charge is 0.416 e. The van der Waals surface area contributed by atoms with Crippen molar-refractivity contribution in [2.45, 2.75) is 23.4 Å². The van der Waals surface area contributed by atoms with Crippen molar-refractivity contribution in [2.24, 2.45) is 0 Å². The predicted octanol–water partition coefficient (Wildman–Crippen LogP) is 5.79. The van der Waals surface area contributed by atoms with Crippen molar-refractivity contribution in [1.82, 2.24) is 10.5 Å². The monoisotopic (exact) mass is 571 g/mol. The molecule has 3 N–H and O–H groups in total. The van der Waals surface area contributed by atoms with Gasteiger partial charge in [0.15, 0.2) is 5.37 Å². The molecular weight excluding hydrogens is 547 g/mol. The Balaban J connectivity index is 1.85. The van der Waals surface area contributed by atoms with Crippen LogP contribution in [-0.4, -0.2) is 31.6 Å². The summed E-state index contributed by atoms with van der Waals surface area (Å²) in [4.78, 5) is 16.7. The number of alkyl halides is 3. The highest BCUT2D eigenvalue weighted by Crippen LogP contribution is 2.37. The van der Waals surface area contributed by atoms with Crippen LogP contribution in [0.4, 0.5) is 18.9 Å². The zero-order valence-electron chi connectivity index (χ0n) is 21.2. The number of pyridine rings is 1. The number of benzene rings is 3. The first-order valence-corrected chi connectivity index (χ1v) is 13.3. The molecule has 0 fully saturated rings. The van der Waals surface area contributed by atoms with E-state index in [1.807, 2.05) is 0 Å². The fourth-order valence-corrected chi connectivity index (χ4v) is 5.72. The van der Waals surface area contributed by atoms with Crippen molar-refractivity contribution in [3.63, 3.8) is 0 Å². The molecule has 3 aromatic carbocycles. The number of aromatic nitrogens is 1. The van der Waals surface area contributed by atoms with Gasteiger partial charge >= 0.3 is 6.18 Å². The van der Waals surface area contributed by atoms with Crippen molar-refractivity contribution in [1.29, 1.82) is 0 Å². The number of anilines is 1. The maximum absolute atomic E-state index is 13.8. The molecule has 12 heteroatoms. The van der Waals surface area contributed by atoms with Gasteiger partial charge in [0, 0.05) is 18.0 Å². The second kappa shape index (κ2) is 11.4. The van der Waals surface area contributed by atoms with E-state index in [1.165, 1.54) is 73.5 Å². The Bertz CT molecular complexity index is 1630. The Morgan fingerprint density at radius 1 is 1.00 bits per heavy atom. The van der Waals surface area contributed by atoms with Crippen LogP contribution in [0.2, 0.25) is 0 Å². The largest absolute Gasteiger partial charge is 0.497 e. The molecule has 1 heterocycles. The lowest BCUT2D eigenvalue weighted by atomic mass is 9.96. The summed E-state index contributed by atoms with van der Waals surface area (Å²) in [5.74, 6) is -0.543. The molecule has 4 aromatic rings. The Hall–Kier alpha value is -4.42. The van der Waals surface area contributed by atoms with Crippen LogP contribution in [0.1, 0.15) is 32.4 Å². The second-order valence-electron chi connectivity index (χ2n) is 8.77. The highest BCUT2D eigenvalue weighted by Gasteiger charge is 2.32. The summed E-state index contributed by atoms with van der Waals surface area (Å²) in [6, 6.07) is 16.2. The minimum atomic E-state index is -4.58. The summed E-state index contributed by atoms with van der Waals surface area (Å²) in [5, 5.41) is 10.9. The molecule has 0 saturated carbocycles. The van der Waals surface area contributed by atoms with Gasteiger partial charge in [-0.05, 0) is 78.2 Å². The number of nitrogens with zero attached hydrogens (tertiary/aromatic N) is 1. The van der Waals surface area contributed by atoms with Crippen molar-refractivity contribution >= 4 is 21.4 Å². The van der Waals surface area contributed by atoms with Gasteiger partial charge in [0.1, 0.15) is 5.75 Å². The Morgan fingerprint density at radius 3 is 2.33 bits per heavy atom. The molecular formula is C28H24F3N3O5S. The molecule has 0 spiro atoms. The zero-order chi connectivity index (χ0) is 29.1. The maximum Gasteiger partial charge on any atom is 0.416 e. The van der Waals surface area contributed by atoms with Crippen LogP contribution < -0.4 is 15.5 Å². The van der Waals surface area contributed by atoms with Gasteiger partial charge in [-0.25, -0.2) is 13.9 Å². The topological polar surface area (TPSA) is 118 Å². The van der Waals surface area contributed by atoms with Crippen molar-refractivity contribution in [3.8, 4) is 16.9 Å². The lowest BCUT2D eigenvalue weighted by Gasteiger charge is -2.24. The molecule has 0 bridgehead atoms. The quantitative estimate of drug-likeness (QED) is 0.181. The minimum Gasteiger partial charge on any atom is -0.497 e. The molecule has 0 aliphatic rings. The standard InChI is InChI=1S/C28H24F3N3O5S/c1-17-13-20(18-5-3-7-21(14-18)28(29,30)31)15-24(26(35)34-36)25(17)33-27(19-6-4-12-32-16-19)40(37,38)23-10-8-22(39-2)9-11-23/h3-16,27,33,36H,1-2H3,(H,34,35). The van der Waals surface area contributed by atoms with Crippen molar-refractivity contribution in [3.05, 3.63) is 107 Å². The number of methoxy groups -OCH3 is 1. The second-order valence-corrected chi connectivity index (χ2v) is 10.8. The average molecular weight is 572 g/mol. The molecule has 0 aliphatic carbocycles. The van der Waals surface area contributed by atoms with Gasteiger partial charge in [-0.2, -0.15) is 13.2 Å². The van der Waals surface area contributed by atoms with E-state index in [0.717, 1.165) is 12.1 Å². The number of halogens is 3. The predicted molar refractivity (Wildman–Crippen MR) is 142 cm³/mol.